The van der Waals surface area contributed by atoms with Gasteiger partial charge in [0.2, 0.25) is 5.91 Å². The zero-order valence-electron chi connectivity index (χ0n) is 9.34. The van der Waals surface area contributed by atoms with Crippen molar-refractivity contribution in [1.82, 2.24) is 5.32 Å². The van der Waals surface area contributed by atoms with Crippen LogP contribution in [0.2, 0.25) is 0 Å². The third-order valence-electron chi connectivity index (χ3n) is 2.65. The molecule has 1 aliphatic heterocycles. The van der Waals surface area contributed by atoms with Crippen LogP contribution in [0.4, 0.5) is 0 Å². The number of rotatable bonds is 7. The predicted octanol–water partition coefficient (Wildman–Crippen LogP) is 0.801. The van der Waals surface area contributed by atoms with Gasteiger partial charge in [-0.1, -0.05) is 12.8 Å². The largest absolute Gasteiger partial charge is 0.368 e. The Kier molecular flexibility index (Phi) is 6.36. The van der Waals surface area contributed by atoms with Crippen LogP contribution in [-0.4, -0.2) is 31.7 Å². The molecule has 1 saturated heterocycles. The summed E-state index contributed by atoms with van der Waals surface area (Å²) in [6.07, 6.45) is 6.12. The Morgan fingerprint density at radius 1 is 1.33 bits per heavy atom. The Labute approximate surface area is 91.5 Å². The van der Waals surface area contributed by atoms with Crippen LogP contribution in [0.25, 0.3) is 0 Å². The third kappa shape index (κ3) is 5.14. The summed E-state index contributed by atoms with van der Waals surface area (Å²) in [5.41, 5.74) is 5.39. The summed E-state index contributed by atoms with van der Waals surface area (Å²) in [4.78, 5) is 11.5. The quantitative estimate of drug-likeness (QED) is 0.616. The minimum Gasteiger partial charge on any atom is -0.368 e. The van der Waals surface area contributed by atoms with Gasteiger partial charge in [-0.2, -0.15) is 0 Å². The highest BCUT2D eigenvalue weighted by molar-refractivity contribution is 5.80. The lowest BCUT2D eigenvalue weighted by Gasteiger charge is -2.09. The van der Waals surface area contributed by atoms with Crippen LogP contribution >= 0.6 is 0 Å². The first-order chi connectivity index (χ1) is 7.34. The Hall–Kier alpha value is -0.610. The number of nitrogens with one attached hydrogen (secondary N) is 1. The van der Waals surface area contributed by atoms with Crippen molar-refractivity contribution in [3.63, 3.8) is 0 Å². The van der Waals surface area contributed by atoms with E-state index in [1.54, 1.807) is 0 Å². The van der Waals surface area contributed by atoms with E-state index in [9.17, 15) is 4.79 Å². The van der Waals surface area contributed by atoms with E-state index in [1.807, 2.05) is 0 Å². The molecule has 4 nitrogen and oxygen atoms in total. The van der Waals surface area contributed by atoms with Crippen molar-refractivity contribution >= 4 is 5.91 Å². The molecule has 3 N–H and O–H groups in total. The maximum Gasteiger partial charge on any atom is 0.249 e. The van der Waals surface area contributed by atoms with E-state index >= 15 is 0 Å². The molecule has 0 radical (unpaired) electrons. The van der Waals surface area contributed by atoms with E-state index in [2.05, 4.69) is 5.32 Å². The Morgan fingerprint density at radius 2 is 2.13 bits per heavy atom. The highest BCUT2D eigenvalue weighted by Gasteiger charge is 2.22. The molecule has 1 rings (SSSR count). The van der Waals surface area contributed by atoms with Gasteiger partial charge in [-0.25, -0.2) is 0 Å². The summed E-state index contributed by atoms with van der Waals surface area (Å²) in [6.45, 7) is 2.26. The first kappa shape index (κ1) is 12.5. The molecule has 0 saturated carbocycles. The van der Waals surface area contributed by atoms with E-state index in [0.717, 1.165) is 58.2 Å². The summed E-state index contributed by atoms with van der Waals surface area (Å²) in [5.74, 6) is 0.0614. The number of nitrogens with two attached hydrogens (primary N) is 1. The molecule has 1 fully saturated rings. The van der Waals surface area contributed by atoms with Crippen LogP contribution in [0, 0.1) is 0 Å². The van der Waals surface area contributed by atoms with Gasteiger partial charge < -0.3 is 15.8 Å². The number of hydrogen-bond acceptors (Lipinski definition) is 3. The van der Waals surface area contributed by atoms with Crippen LogP contribution in [0.15, 0.2) is 0 Å². The van der Waals surface area contributed by atoms with Crippen molar-refractivity contribution in [3.05, 3.63) is 0 Å². The molecule has 0 aromatic heterocycles. The zero-order valence-corrected chi connectivity index (χ0v) is 9.34. The lowest BCUT2D eigenvalue weighted by atomic mass is 10.2. The summed E-state index contributed by atoms with van der Waals surface area (Å²) in [6, 6.07) is 0. The van der Waals surface area contributed by atoms with Crippen LogP contribution in [0.1, 0.15) is 38.5 Å². The van der Waals surface area contributed by atoms with Crippen molar-refractivity contribution in [2.75, 3.05) is 19.7 Å². The minimum absolute atomic E-state index is 0.0614. The topological polar surface area (TPSA) is 64.3 Å². The average molecular weight is 214 g/mol. The maximum atomic E-state index is 11.5. The van der Waals surface area contributed by atoms with Gasteiger partial charge in [0.1, 0.15) is 6.10 Å². The number of unbranched alkanes of at least 4 members (excludes halogenated alkanes) is 3. The van der Waals surface area contributed by atoms with Gasteiger partial charge in [-0.3, -0.25) is 4.79 Å². The summed E-state index contributed by atoms with van der Waals surface area (Å²) in [5, 5.41) is 2.91. The molecular formula is C11H22N2O2. The number of ether oxygens (including phenoxy) is 1. The molecule has 4 heteroatoms. The molecule has 0 aromatic carbocycles. The fourth-order valence-corrected chi connectivity index (χ4v) is 1.73. The smallest absolute Gasteiger partial charge is 0.249 e. The van der Waals surface area contributed by atoms with Crippen LogP contribution < -0.4 is 11.1 Å². The van der Waals surface area contributed by atoms with Gasteiger partial charge in [0.15, 0.2) is 0 Å². The molecule has 88 valence electrons. The van der Waals surface area contributed by atoms with E-state index in [4.69, 9.17) is 10.5 Å². The molecule has 1 unspecified atom stereocenters. The van der Waals surface area contributed by atoms with Crippen LogP contribution in [0.3, 0.4) is 0 Å². The molecule has 1 amide bonds. The van der Waals surface area contributed by atoms with Gasteiger partial charge in [-0.15, -0.1) is 0 Å². The number of hydrogen-bond donors (Lipinski definition) is 2. The van der Waals surface area contributed by atoms with Gasteiger partial charge in [0, 0.05) is 13.2 Å². The average Bonchev–Trinajstić information content (AvgIpc) is 2.76. The standard InChI is InChI=1S/C11H22N2O2/c12-7-3-1-2-4-8-13-11(14)10-6-5-9-15-10/h10H,1-9,12H2,(H,13,14). The molecule has 1 heterocycles. The number of carbonyl (C=O) groups is 1. The van der Waals surface area contributed by atoms with Crippen LogP contribution in [-0.2, 0) is 9.53 Å². The third-order valence-corrected chi connectivity index (χ3v) is 2.65. The molecule has 15 heavy (non-hydrogen) atoms. The van der Waals surface area contributed by atoms with Crippen LogP contribution in [0.5, 0.6) is 0 Å². The van der Waals surface area contributed by atoms with Crippen molar-refractivity contribution < 1.29 is 9.53 Å². The zero-order chi connectivity index (χ0) is 10.9. The van der Waals surface area contributed by atoms with Crippen molar-refractivity contribution in [3.8, 4) is 0 Å². The van der Waals surface area contributed by atoms with Crippen molar-refractivity contribution in [1.29, 1.82) is 0 Å². The van der Waals surface area contributed by atoms with Gasteiger partial charge >= 0.3 is 0 Å². The fourth-order valence-electron chi connectivity index (χ4n) is 1.73. The molecule has 0 aromatic rings. The van der Waals surface area contributed by atoms with Gasteiger partial charge in [0.05, 0.1) is 0 Å². The van der Waals surface area contributed by atoms with E-state index in [-0.39, 0.29) is 12.0 Å². The maximum absolute atomic E-state index is 11.5. The number of carbonyl (C=O) groups excluding carboxylic acids is 1. The SMILES string of the molecule is NCCCCCCNC(=O)C1CCCO1. The Morgan fingerprint density at radius 3 is 2.80 bits per heavy atom. The minimum atomic E-state index is -0.186. The summed E-state index contributed by atoms with van der Waals surface area (Å²) in [7, 11) is 0. The van der Waals surface area contributed by atoms with Crippen molar-refractivity contribution in [2.24, 2.45) is 5.73 Å². The first-order valence-corrected chi connectivity index (χ1v) is 5.94. The fraction of sp³-hybridized carbons (Fsp3) is 0.909. The monoisotopic (exact) mass is 214 g/mol. The lowest BCUT2D eigenvalue weighted by molar-refractivity contribution is -0.130. The second kappa shape index (κ2) is 7.65. The van der Waals surface area contributed by atoms with Gasteiger partial charge in [0.25, 0.3) is 0 Å². The highest BCUT2D eigenvalue weighted by atomic mass is 16.5. The Bertz CT molecular complexity index is 179. The molecule has 0 spiro atoms. The molecule has 1 atom stereocenters. The molecule has 0 aliphatic carbocycles. The van der Waals surface area contributed by atoms with Crippen molar-refractivity contribution in [2.45, 2.75) is 44.6 Å². The summed E-state index contributed by atoms with van der Waals surface area (Å²) >= 11 is 0. The van der Waals surface area contributed by atoms with E-state index in [0.29, 0.717) is 0 Å². The predicted molar refractivity (Wildman–Crippen MR) is 59.5 cm³/mol. The second-order valence-corrected chi connectivity index (χ2v) is 4.00. The second-order valence-electron chi connectivity index (χ2n) is 4.00. The van der Waals surface area contributed by atoms with E-state index < -0.39 is 0 Å². The van der Waals surface area contributed by atoms with E-state index in [1.165, 1.54) is 0 Å². The highest BCUT2D eigenvalue weighted by Crippen LogP contribution is 2.11. The molecular weight excluding hydrogens is 192 g/mol. The number of amides is 1. The Balaban J connectivity index is 1.92. The summed E-state index contributed by atoms with van der Waals surface area (Å²) < 4.78 is 5.28. The lowest BCUT2D eigenvalue weighted by Crippen LogP contribution is -2.34. The normalized spacial score (nSPS) is 20.5. The molecule has 1 aliphatic rings. The first-order valence-electron chi connectivity index (χ1n) is 5.94. The molecule has 0 bridgehead atoms. The van der Waals surface area contributed by atoms with Gasteiger partial charge in [-0.05, 0) is 32.2 Å².